The minimum atomic E-state index is -0.376. The van der Waals surface area contributed by atoms with Crippen molar-refractivity contribution in [3.05, 3.63) is 112 Å². The molecule has 4 rings (SSSR count). The molecule has 0 N–H and O–H groups in total. The third-order valence-corrected chi connectivity index (χ3v) is 7.31. The van der Waals surface area contributed by atoms with Crippen molar-refractivity contribution in [1.82, 2.24) is 9.80 Å². The molecule has 0 aliphatic heterocycles. The van der Waals surface area contributed by atoms with E-state index in [1.165, 1.54) is 35.1 Å². The number of hydrogen-bond donors (Lipinski definition) is 0. The Morgan fingerprint density at radius 1 is 0.872 bits per heavy atom. The molecule has 3 aromatic carbocycles. The maximum Gasteiger partial charge on any atom is 0.242 e. The number of para-hydroxylation sites is 1. The van der Waals surface area contributed by atoms with Crippen LogP contribution in [0.15, 0.2) is 99.2 Å². The molecule has 6 nitrogen and oxygen atoms in total. The second kappa shape index (κ2) is 13.8. The zero-order chi connectivity index (χ0) is 27.6. The number of rotatable bonds is 12. The van der Waals surface area contributed by atoms with Gasteiger partial charge in [0, 0.05) is 18.0 Å². The second-order valence-electron chi connectivity index (χ2n) is 9.23. The predicted molar refractivity (Wildman–Crippen MR) is 152 cm³/mol. The van der Waals surface area contributed by atoms with Crippen LogP contribution in [0.2, 0.25) is 0 Å². The van der Waals surface area contributed by atoms with Gasteiger partial charge in [0.1, 0.15) is 11.4 Å². The molecule has 202 valence electrons. The molecule has 0 spiro atoms. The molecule has 2 amide bonds. The number of hydrogen-bond acceptors (Lipinski definition) is 5. The van der Waals surface area contributed by atoms with E-state index >= 15 is 0 Å². The van der Waals surface area contributed by atoms with Gasteiger partial charge in [-0.05, 0) is 48.4 Å². The molecule has 0 aliphatic carbocycles. The number of thioether (sulfide) groups is 1. The number of carbonyl (C=O) groups excluding carboxylic acids is 2. The van der Waals surface area contributed by atoms with Crippen molar-refractivity contribution >= 4 is 34.5 Å². The van der Waals surface area contributed by atoms with E-state index < -0.39 is 0 Å². The molecule has 0 unspecified atom stereocenters. The molecule has 1 heterocycles. The fourth-order valence-corrected chi connectivity index (χ4v) is 4.95. The molecule has 0 saturated heterocycles. The normalized spacial score (nSPS) is 10.9. The third-order valence-electron chi connectivity index (χ3n) is 6.32. The van der Waals surface area contributed by atoms with Gasteiger partial charge < -0.3 is 14.2 Å². The van der Waals surface area contributed by atoms with Gasteiger partial charge in [-0.3, -0.25) is 14.4 Å². The highest BCUT2D eigenvalue weighted by atomic mass is 32.2. The predicted octanol–water partition coefficient (Wildman–Crippen LogP) is 5.88. The Hall–Kier alpha value is -3.91. The van der Waals surface area contributed by atoms with Crippen LogP contribution in [-0.4, -0.2) is 40.5 Å². The number of benzene rings is 3. The molecule has 1 aromatic heterocycles. The van der Waals surface area contributed by atoms with E-state index in [9.17, 15) is 18.8 Å². The zero-order valence-electron chi connectivity index (χ0n) is 21.8. The summed E-state index contributed by atoms with van der Waals surface area (Å²) >= 11 is 1.43. The largest absolute Gasteiger partial charge is 0.464 e. The van der Waals surface area contributed by atoms with Crippen LogP contribution < -0.4 is 5.43 Å². The molecule has 0 saturated carbocycles. The molecule has 8 heteroatoms. The third kappa shape index (κ3) is 7.80. The van der Waals surface area contributed by atoms with E-state index in [-0.39, 0.29) is 48.4 Å². The number of carbonyl (C=O) groups is 2. The van der Waals surface area contributed by atoms with E-state index in [2.05, 4.69) is 0 Å². The Kier molecular flexibility index (Phi) is 9.91. The molecular weight excluding hydrogens is 515 g/mol. The average Bonchev–Trinajstić information content (AvgIpc) is 2.96. The Morgan fingerprint density at radius 3 is 2.33 bits per heavy atom. The van der Waals surface area contributed by atoms with Gasteiger partial charge in [-0.1, -0.05) is 55.8 Å². The highest BCUT2D eigenvalue weighted by molar-refractivity contribution is 8.00. The minimum Gasteiger partial charge on any atom is -0.464 e. The molecule has 0 aliphatic rings. The molecular formula is C31H31FN2O4S. The van der Waals surface area contributed by atoms with Crippen LogP contribution in [0.1, 0.15) is 30.9 Å². The Morgan fingerprint density at radius 2 is 1.59 bits per heavy atom. The van der Waals surface area contributed by atoms with Gasteiger partial charge in [0.2, 0.25) is 11.8 Å². The van der Waals surface area contributed by atoms with Crippen molar-refractivity contribution in [2.24, 2.45) is 0 Å². The summed E-state index contributed by atoms with van der Waals surface area (Å²) in [5, 5.41) is 0.432. The average molecular weight is 547 g/mol. The van der Waals surface area contributed by atoms with Gasteiger partial charge in [-0.25, -0.2) is 4.39 Å². The van der Waals surface area contributed by atoms with E-state index in [4.69, 9.17) is 4.42 Å². The molecule has 4 aromatic rings. The summed E-state index contributed by atoms with van der Waals surface area (Å²) in [6, 6.07) is 22.5. The quantitative estimate of drug-likeness (QED) is 0.208. The molecule has 0 radical (unpaired) electrons. The molecule has 0 atom stereocenters. The van der Waals surface area contributed by atoms with E-state index in [0.717, 1.165) is 17.7 Å². The summed E-state index contributed by atoms with van der Waals surface area (Å²) in [7, 11) is 0. The first-order chi connectivity index (χ1) is 18.9. The Labute approximate surface area is 231 Å². The summed E-state index contributed by atoms with van der Waals surface area (Å²) in [4.78, 5) is 44.1. The van der Waals surface area contributed by atoms with Crippen LogP contribution in [0.4, 0.5) is 4.39 Å². The van der Waals surface area contributed by atoms with Crippen LogP contribution >= 0.6 is 11.8 Å². The van der Waals surface area contributed by atoms with Crippen LogP contribution in [0.5, 0.6) is 0 Å². The van der Waals surface area contributed by atoms with E-state index in [1.807, 2.05) is 37.3 Å². The monoisotopic (exact) mass is 546 g/mol. The van der Waals surface area contributed by atoms with Crippen molar-refractivity contribution in [3.63, 3.8) is 0 Å². The fraction of sp³-hybridized carbons (Fsp3) is 0.258. The molecule has 0 bridgehead atoms. The van der Waals surface area contributed by atoms with Crippen LogP contribution in [-0.2, 0) is 22.7 Å². The zero-order valence-corrected chi connectivity index (χ0v) is 22.7. The summed E-state index contributed by atoms with van der Waals surface area (Å²) in [5.41, 5.74) is 1.29. The number of unbranched alkanes of at least 4 members (excludes halogenated alkanes) is 1. The van der Waals surface area contributed by atoms with Gasteiger partial charge >= 0.3 is 0 Å². The topological polar surface area (TPSA) is 70.8 Å². The van der Waals surface area contributed by atoms with Crippen molar-refractivity contribution in [2.45, 2.75) is 37.8 Å². The second-order valence-corrected chi connectivity index (χ2v) is 10.3. The molecule has 0 fully saturated rings. The van der Waals surface area contributed by atoms with Gasteiger partial charge in [-0.15, -0.1) is 11.8 Å². The van der Waals surface area contributed by atoms with Gasteiger partial charge in [0.25, 0.3) is 0 Å². The summed E-state index contributed by atoms with van der Waals surface area (Å²) in [5.74, 6) is -0.592. The maximum absolute atomic E-state index is 13.7. The van der Waals surface area contributed by atoms with Crippen LogP contribution in [0, 0.1) is 5.82 Å². The smallest absolute Gasteiger partial charge is 0.242 e. The van der Waals surface area contributed by atoms with Crippen LogP contribution in [0.25, 0.3) is 11.0 Å². The van der Waals surface area contributed by atoms with Crippen molar-refractivity contribution in [3.8, 4) is 0 Å². The lowest BCUT2D eigenvalue weighted by Crippen LogP contribution is -2.44. The van der Waals surface area contributed by atoms with Crippen molar-refractivity contribution < 1.29 is 18.4 Å². The van der Waals surface area contributed by atoms with E-state index in [1.54, 1.807) is 41.3 Å². The fourth-order valence-electron chi connectivity index (χ4n) is 4.13. The Bertz CT molecular complexity index is 1460. The lowest BCUT2D eigenvalue weighted by atomic mass is 10.1. The van der Waals surface area contributed by atoms with Crippen molar-refractivity contribution in [1.29, 1.82) is 0 Å². The summed E-state index contributed by atoms with van der Waals surface area (Å²) in [6.45, 7) is 2.52. The van der Waals surface area contributed by atoms with Crippen LogP contribution in [0.3, 0.4) is 0 Å². The number of halogens is 1. The maximum atomic E-state index is 13.7. The SMILES string of the molecule is CCCCN(CC(=O)N(Cc1ccc(F)cc1)Cc1coc2ccccc2c1=O)C(=O)CSc1ccccc1. The number of nitrogens with zero attached hydrogens (tertiary/aromatic N) is 2. The van der Waals surface area contributed by atoms with Gasteiger partial charge in [0.15, 0.2) is 5.43 Å². The first kappa shape index (κ1) is 28.1. The minimum absolute atomic E-state index is 0.00203. The number of amides is 2. The van der Waals surface area contributed by atoms with Crippen molar-refractivity contribution in [2.75, 3.05) is 18.8 Å². The first-order valence-electron chi connectivity index (χ1n) is 12.9. The highest BCUT2D eigenvalue weighted by Crippen LogP contribution is 2.19. The number of fused-ring (bicyclic) bond motifs is 1. The Balaban J connectivity index is 1.55. The van der Waals surface area contributed by atoms with Gasteiger partial charge in [0.05, 0.1) is 36.1 Å². The van der Waals surface area contributed by atoms with Gasteiger partial charge in [-0.2, -0.15) is 0 Å². The lowest BCUT2D eigenvalue weighted by molar-refractivity contribution is -0.140. The standard InChI is InChI=1S/C31H31FN2O4S/c1-2-3-17-33(30(36)22-39-26-9-5-4-6-10-26)20-29(35)34(18-23-13-15-25(32)16-14-23)19-24-21-38-28-12-8-7-11-27(28)31(24)37/h4-16,21H,2-3,17-20,22H2,1H3. The first-order valence-corrected chi connectivity index (χ1v) is 13.9. The van der Waals surface area contributed by atoms with E-state index in [0.29, 0.717) is 28.6 Å². The summed E-state index contributed by atoms with van der Waals surface area (Å²) in [6.07, 6.45) is 3.02. The molecule has 39 heavy (non-hydrogen) atoms. The highest BCUT2D eigenvalue weighted by Gasteiger charge is 2.23. The summed E-state index contributed by atoms with van der Waals surface area (Å²) < 4.78 is 19.2. The lowest BCUT2D eigenvalue weighted by Gasteiger charge is -2.28.